The molecular formula is C15H20N2O2. The van der Waals surface area contributed by atoms with E-state index in [0.29, 0.717) is 5.56 Å². The maximum atomic E-state index is 11.7. The summed E-state index contributed by atoms with van der Waals surface area (Å²) in [5, 5.41) is 0. The summed E-state index contributed by atoms with van der Waals surface area (Å²) in [6, 6.07) is 5.64. The largest absolute Gasteiger partial charge is 0.372 e. The van der Waals surface area contributed by atoms with Gasteiger partial charge in [0.05, 0.1) is 11.3 Å². The highest BCUT2D eigenvalue weighted by atomic mass is 16.2. The van der Waals surface area contributed by atoms with Crippen LogP contribution in [0.3, 0.4) is 0 Å². The quantitative estimate of drug-likeness (QED) is 0.764. The standard InChI is InChI=1S/C15H20N2O2/c1-4-6-9-17(5-2)11-7-8-12-13(10-11)16(3)15(19)14(12)18/h7-8,10H,4-6,9H2,1-3H3. The molecule has 0 fully saturated rings. The van der Waals surface area contributed by atoms with E-state index in [2.05, 4.69) is 18.7 Å². The summed E-state index contributed by atoms with van der Waals surface area (Å²) in [6.07, 6.45) is 2.29. The number of likely N-dealkylation sites (N-methyl/N-ethyl adjacent to an activating group) is 1. The fraction of sp³-hybridized carbons (Fsp3) is 0.467. The molecule has 1 heterocycles. The molecule has 0 unspecified atom stereocenters. The fourth-order valence-corrected chi connectivity index (χ4v) is 2.38. The van der Waals surface area contributed by atoms with Crippen molar-refractivity contribution in [2.45, 2.75) is 26.7 Å². The van der Waals surface area contributed by atoms with Crippen LogP contribution in [0.5, 0.6) is 0 Å². The van der Waals surface area contributed by atoms with Crippen LogP contribution in [-0.2, 0) is 4.79 Å². The molecule has 1 amide bonds. The van der Waals surface area contributed by atoms with Crippen molar-refractivity contribution in [2.75, 3.05) is 29.9 Å². The number of amides is 1. The lowest BCUT2D eigenvalue weighted by molar-refractivity contribution is -0.114. The summed E-state index contributed by atoms with van der Waals surface area (Å²) in [4.78, 5) is 27.1. The molecule has 1 aromatic carbocycles. The molecule has 1 aliphatic rings. The minimum absolute atomic E-state index is 0.402. The van der Waals surface area contributed by atoms with Crippen molar-refractivity contribution in [1.82, 2.24) is 0 Å². The molecule has 4 nitrogen and oxygen atoms in total. The van der Waals surface area contributed by atoms with E-state index in [1.807, 2.05) is 12.1 Å². The summed E-state index contributed by atoms with van der Waals surface area (Å²) in [7, 11) is 1.65. The average Bonchev–Trinajstić information content (AvgIpc) is 2.65. The molecule has 0 spiro atoms. The number of hydrogen-bond donors (Lipinski definition) is 0. The molecule has 0 saturated carbocycles. The second kappa shape index (κ2) is 5.43. The van der Waals surface area contributed by atoms with Crippen LogP contribution >= 0.6 is 0 Å². The van der Waals surface area contributed by atoms with E-state index in [1.165, 1.54) is 4.90 Å². The van der Waals surface area contributed by atoms with Crippen molar-refractivity contribution in [1.29, 1.82) is 0 Å². The van der Waals surface area contributed by atoms with E-state index >= 15 is 0 Å². The number of hydrogen-bond acceptors (Lipinski definition) is 3. The second-order valence-electron chi connectivity index (χ2n) is 4.83. The third-order valence-electron chi connectivity index (χ3n) is 3.61. The number of carbonyl (C=O) groups is 2. The number of Topliss-reactive ketones (excluding diaryl/α,β-unsaturated/α-hetero) is 1. The van der Waals surface area contributed by atoms with Crippen LogP contribution in [0.1, 0.15) is 37.0 Å². The Kier molecular flexibility index (Phi) is 3.88. The molecule has 0 saturated heterocycles. The molecule has 0 radical (unpaired) electrons. The molecule has 4 heteroatoms. The molecule has 0 aliphatic carbocycles. The van der Waals surface area contributed by atoms with Crippen molar-refractivity contribution >= 4 is 23.1 Å². The molecular weight excluding hydrogens is 240 g/mol. The number of nitrogens with zero attached hydrogens (tertiary/aromatic N) is 2. The van der Waals surface area contributed by atoms with E-state index in [9.17, 15) is 9.59 Å². The smallest absolute Gasteiger partial charge is 0.299 e. The van der Waals surface area contributed by atoms with Crippen LogP contribution in [0.15, 0.2) is 18.2 Å². The van der Waals surface area contributed by atoms with E-state index in [4.69, 9.17) is 0 Å². The third kappa shape index (κ3) is 2.35. The van der Waals surface area contributed by atoms with Crippen molar-refractivity contribution in [3.63, 3.8) is 0 Å². The highest BCUT2D eigenvalue weighted by Crippen LogP contribution is 2.31. The molecule has 0 N–H and O–H groups in total. The summed E-state index contributed by atoms with van der Waals surface area (Å²) < 4.78 is 0. The molecule has 0 atom stereocenters. The lowest BCUT2D eigenvalue weighted by Crippen LogP contribution is -2.25. The first-order valence-corrected chi connectivity index (χ1v) is 6.81. The van der Waals surface area contributed by atoms with E-state index in [1.54, 1.807) is 13.1 Å². The Labute approximate surface area is 114 Å². The number of unbranched alkanes of at least 4 members (excludes halogenated alkanes) is 1. The van der Waals surface area contributed by atoms with Crippen molar-refractivity contribution in [2.24, 2.45) is 0 Å². The van der Waals surface area contributed by atoms with Gasteiger partial charge in [0.25, 0.3) is 11.7 Å². The zero-order valence-electron chi connectivity index (χ0n) is 11.8. The van der Waals surface area contributed by atoms with Crippen LogP contribution in [0, 0.1) is 0 Å². The van der Waals surface area contributed by atoms with Gasteiger partial charge in [-0.2, -0.15) is 0 Å². The number of ketones is 1. The van der Waals surface area contributed by atoms with Crippen molar-refractivity contribution in [3.05, 3.63) is 23.8 Å². The lowest BCUT2D eigenvalue weighted by Gasteiger charge is -2.24. The Hall–Kier alpha value is -1.84. The van der Waals surface area contributed by atoms with Crippen molar-refractivity contribution < 1.29 is 9.59 Å². The van der Waals surface area contributed by atoms with Gasteiger partial charge in [0.1, 0.15) is 0 Å². The van der Waals surface area contributed by atoms with E-state index < -0.39 is 11.7 Å². The number of anilines is 2. The fourth-order valence-electron chi connectivity index (χ4n) is 2.38. The minimum atomic E-state index is -0.441. The predicted molar refractivity (Wildman–Crippen MR) is 77.0 cm³/mol. The molecule has 102 valence electrons. The topological polar surface area (TPSA) is 40.6 Å². The number of benzene rings is 1. The zero-order valence-corrected chi connectivity index (χ0v) is 11.8. The Morgan fingerprint density at radius 2 is 1.95 bits per heavy atom. The first-order valence-electron chi connectivity index (χ1n) is 6.81. The molecule has 0 aromatic heterocycles. The van der Waals surface area contributed by atoms with Gasteiger partial charge in [0.2, 0.25) is 0 Å². The maximum absolute atomic E-state index is 11.7. The molecule has 2 rings (SSSR count). The highest BCUT2D eigenvalue weighted by molar-refractivity contribution is 6.52. The van der Waals surface area contributed by atoms with Crippen LogP contribution in [0.4, 0.5) is 11.4 Å². The Morgan fingerprint density at radius 1 is 1.21 bits per heavy atom. The predicted octanol–water partition coefficient (Wildman–Crippen LogP) is 2.47. The summed E-state index contributed by atoms with van der Waals surface area (Å²) in [5.41, 5.74) is 2.31. The number of carbonyl (C=O) groups excluding carboxylic acids is 2. The summed E-state index contributed by atoms with van der Waals surface area (Å²) in [6.45, 7) is 6.20. The molecule has 19 heavy (non-hydrogen) atoms. The van der Waals surface area contributed by atoms with Gasteiger partial charge in [-0.1, -0.05) is 13.3 Å². The summed E-state index contributed by atoms with van der Waals surface area (Å²) >= 11 is 0. The Bertz CT molecular complexity index is 511. The van der Waals surface area contributed by atoms with E-state index in [-0.39, 0.29) is 0 Å². The molecule has 1 aliphatic heterocycles. The second-order valence-corrected chi connectivity index (χ2v) is 4.83. The lowest BCUT2D eigenvalue weighted by atomic mass is 10.1. The minimum Gasteiger partial charge on any atom is -0.372 e. The van der Waals surface area contributed by atoms with Crippen molar-refractivity contribution in [3.8, 4) is 0 Å². The monoisotopic (exact) mass is 260 g/mol. The van der Waals surface area contributed by atoms with Crippen LogP contribution in [0.25, 0.3) is 0 Å². The summed E-state index contributed by atoms with van der Waals surface area (Å²) in [5.74, 6) is -0.843. The normalized spacial score (nSPS) is 13.9. The van der Waals surface area contributed by atoms with Gasteiger partial charge in [-0.25, -0.2) is 0 Å². The third-order valence-corrected chi connectivity index (χ3v) is 3.61. The average molecular weight is 260 g/mol. The zero-order chi connectivity index (χ0) is 14.0. The van der Waals surface area contributed by atoms with Gasteiger partial charge in [-0.05, 0) is 31.5 Å². The van der Waals surface area contributed by atoms with Gasteiger partial charge in [-0.15, -0.1) is 0 Å². The molecule has 1 aromatic rings. The first-order chi connectivity index (χ1) is 9.10. The number of rotatable bonds is 5. The van der Waals surface area contributed by atoms with Gasteiger partial charge >= 0.3 is 0 Å². The van der Waals surface area contributed by atoms with Gasteiger partial charge < -0.3 is 9.80 Å². The Balaban J connectivity index is 2.31. The van der Waals surface area contributed by atoms with E-state index in [0.717, 1.165) is 37.3 Å². The van der Waals surface area contributed by atoms with Gasteiger partial charge in [0.15, 0.2) is 0 Å². The van der Waals surface area contributed by atoms with Crippen LogP contribution in [-0.4, -0.2) is 31.8 Å². The van der Waals surface area contributed by atoms with Crippen LogP contribution in [0.2, 0.25) is 0 Å². The van der Waals surface area contributed by atoms with Crippen LogP contribution < -0.4 is 9.80 Å². The maximum Gasteiger partial charge on any atom is 0.299 e. The molecule has 0 bridgehead atoms. The first kappa shape index (κ1) is 13.6. The van der Waals surface area contributed by atoms with Gasteiger partial charge in [-0.3, -0.25) is 9.59 Å². The SMILES string of the molecule is CCCCN(CC)c1ccc2c(c1)N(C)C(=O)C2=O. The van der Waals surface area contributed by atoms with Gasteiger partial charge in [0, 0.05) is 25.8 Å². The Morgan fingerprint density at radius 3 is 2.58 bits per heavy atom. The number of fused-ring (bicyclic) bond motifs is 1. The highest BCUT2D eigenvalue weighted by Gasteiger charge is 2.33.